The van der Waals surface area contributed by atoms with Gasteiger partial charge in [0.05, 0.1) is 5.60 Å². The summed E-state index contributed by atoms with van der Waals surface area (Å²) in [5.41, 5.74) is -0.107. The van der Waals surface area contributed by atoms with E-state index < -0.39 is 15.6 Å². The third-order valence-corrected chi connectivity index (χ3v) is 6.69. The van der Waals surface area contributed by atoms with E-state index in [2.05, 4.69) is 5.16 Å². The van der Waals surface area contributed by atoms with Gasteiger partial charge in [-0.25, -0.2) is 8.42 Å². The Morgan fingerprint density at radius 3 is 2.35 bits per heavy atom. The summed E-state index contributed by atoms with van der Waals surface area (Å²) in [6.45, 7) is 4.17. The number of aromatic nitrogens is 1. The van der Waals surface area contributed by atoms with E-state index >= 15 is 0 Å². The van der Waals surface area contributed by atoms with E-state index in [1.165, 1.54) is 4.31 Å². The number of rotatable bonds is 3. The van der Waals surface area contributed by atoms with Gasteiger partial charge in [-0.05, 0) is 45.4 Å². The molecule has 0 radical (unpaired) electrons. The number of aryl methyl sites for hydroxylation is 2. The molecule has 3 rings (SSSR count). The van der Waals surface area contributed by atoms with Gasteiger partial charge in [0.2, 0.25) is 10.0 Å². The van der Waals surface area contributed by atoms with E-state index in [9.17, 15) is 13.5 Å². The lowest BCUT2D eigenvalue weighted by molar-refractivity contribution is 0.0534. The summed E-state index contributed by atoms with van der Waals surface area (Å²) in [4.78, 5) is 0.195. The Bertz CT molecular complexity index is 591. The first-order chi connectivity index (χ1) is 9.34. The van der Waals surface area contributed by atoms with Crippen molar-refractivity contribution in [2.75, 3.05) is 13.1 Å². The lowest BCUT2D eigenvalue weighted by Crippen LogP contribution is -2.42. The van der Waals surface area contributed by atoms with Crippen molar-refractivity contribution in [3.63, 3.8) is 0 Å². The zero-order valence-electron chi connectivity index (χ0n) is 11.8. The summed E-state index contributed by atoms with van der Waals surface area (Å²) in [6, 6.07) is 0. The quantitative estimate of drug-likeness (QED) is 0.907. The van der Waals surface area contributed by atoms with E-state index in [0.29, 0.717) is 24.5 Å². The molecular weight excluding hydrogens is 280 g/mol. The highest BCUT2D eigenvalue weighted by molar-refractivity contribution is 7.89. The first-order valence-electron chi connectivity index (χ1n) is 7.00. The molecular formula is C13H20N2O4S. The van der Waals surface area contributed by atoms with Crippen LogP contribution < -0.4 is 0 Å². The molecule has 1 saturated carbocycles. The van der Waals surface area contributed by atoms with Crippen LogP contribution in [-0.2, 0) is 10.0 Å². The fraction of sp³-hybridized carbons (Fsp3) is 0.769. The Hall–Kier alpha value is -0.920. The predicted molar refractivity (Wildman–Crippen MR) is 71.6 cm³/mol. The second kappa shape index (κ2) is 4.54. The normalized spacial score (nSPS) is 23.9. The standard InChI is InChI=1S/C13H20N2O4S/c1-9-12(10(2)19-14-9)20(17,18)15-7-3-11(4-8-15)13(16)5-6-13/h11,16H,3-8H2,1-2H3. The molecule has 0 unspecified atom stereocenters. The molecule has 2 aliphatic rings. The molecule has 2 fully saturated rings. The lowest BCUT2D eigenvalue weighted by Gasteiger charge is -2.33. The van der Waals surface area contributed by atoms with Crippen LogP contribution in [0, 0.1) is 19.8 Å². The SMILES string of the molecule is Cc1noc(C)c1S(=O)(=O)N1CCC(C2(O)CC2)CC1. The van der Waals surface area contributed by atoms with Crippen molar-refractivity contribution in [3.05, 3.63) is 11.5 Å². The molecule has 0 spiro atoms. The summed E-state index contributed by atoms with van der Waals surface area (Å²) in [5.74, 6) is 0.573. The van der Waals surface area contributed by atoms with Crippen LogP contribution in [0.3, 0.4) is 0 Å². The lowest BCUT2D eigenvalue weighted by atomic mass is 9.90. The first-order valence-corrected chi connectivity index (χ1v) is 8.44. The van der Waals surface area contributed by atoms with Crippen molar-refractivity contribution in [1.82, 2.24) is 9.46 Å². The summed E-state index contributed by atoms with van der Waals surface area (Å²) in [6.07, 6.45) is 3.15. The van der Waals surface area contributed by atoms with Gasteiger partial charge in [0.15, 0.2) is 5.76 Å². The second-order valence-corrected chi connectivity index (χ2v) is 7.81. The molecule has 1 aromatic heterocycles. The highest BCUT2D eigenvalue weighted by Crippen LogP contribution is 2.46. The largest absolute Gasteiger partial charge is 0.390 e. The maximum Gasteiger partial charge on any atom is 0.248 e. The molecule has 7 heteroatoms. The Labute approximate surface area is 118 Å². The summed E-state index contributed by atoms with van der Waals surface area (Å²) in [7, 11) is -3.53. The molecule has 20 heavy (non-hydrogen) atoms. The molecule has 0 aromatic carbocycles. The average molecular weight is 300 g/mol. The van der Waals surface area contributed by atoms with E-state index in [-0.39, 0.29) is 10.8 Å². The van der Waals surface area contributed by atoms with E-state index in [0.717, 1.165) is 25.7 Å². The van der Waals surface area contributed by atoms with Crippen LogP contribution in [0.5, 0.6) is 0 Å². The molecule has 0 amide bonds. The minimum atomic E-state index is -3.53. The van der Waals surface area contributed by atoms with Gasteiger partial charge in [-0.2, -0.15) is 4.31 Å². The molecule has 0 bridgehead atoms. The van der Waals surface area contributed by atoms with E-state index in [1.54, 1.807) is 13.8 Å². The number of aliphatic hydroxyl groups is 1. The van der Waals surface area contributed by atoms with Crippen LogP contribution in [-0.4, -0.2) is 41.7 Å². The average Bonchev–Trinajstić information content (AvgIpc) is 3.06. The number of hydrogen-bond donors (Lipinski definition) is 1. The van der Waals surface area contributed by atoms with Crippen LogP contribution in [0.4, 0.5) is 0 Å². The zero-order valence-corrected chi connectivity index (χ0v) is 12.6. The summed E-state index contributed by atoms with van der Waals surface area (Å²) >= 11 is 0. The van der Waals surface area contributed by atoms with Crippen LogP contribution in [0.25, 0.3) is 0 Å². The molecule has 1 aliphatic carbocycles. The third-order valence-electron chi connectivity index (χ3n) is 4.54. The van der Waals surface area contributed by atoms with Crippen molar-refractivity contribution >= 4 is 10.0 Å². The predicted octanol–water partition coefficient (Wildman–Crippen LogP) is 1.22. The Balaban J connectivity index is 1.77. The number of nitrogens with zero attached hydrogens (tertiary/aromatic N) is 2. The van der Waals surface area contributed by atoms with Gasteiger partial charge in [-0.1, -0.05) is 5.16 Å². The van der Waals surface area contributed by atoms with Gasteiger partial charge in [0.25, 0.3) is 0 Å². The van der Waals surface area contributed by atoms with Crippen molar-refractivity contribution in [2.24, 2.45) is 5.92 Å². The number of hydrogen-bond acceptors (Lipinski definition) is 5. The minimum Gasteiger partial charge on any atom is -0.390 e. The Morgan fingerprint density at radius 2 is 1.90 bits per heavy atom. The monoisotopic (exact) mass is 300 g/mol. The molecule has 2 heterocycles. The van der Waals surface area contributed by atoms with Gasteiger partial charge in [0, 0.05) is 13.1 Å². The van der Waals surface area contributed by atoms with E-state index in [4.69, 9.17) is 4.52 Å². The molecule has 0 atom stereocenters. The second-order valence-electron chi connectivity index (χ2n) is 5.94. The van der Waals surface area contributed by atoms with Gasteiger partial charge >= 0.3 is 0 Å². The van der Waals surface area contributed by atoms with Crippen molar-refractivity contribution < 1.29 is 18.0 Å². The van der Waals surface area contributed by atoms with Gasteiger partial charge in [0.1, 0.15) is 10.6 Å². The number of piperidine rings is 1. The van der Waals surface area contributed by atoms with Crippen molar-refractivity contribution in [3.8, 4) is 0 Å². The fourth-order valence-corrected chi connectivity index (χ4v) is 4.90. The fourth-order valence-electron chi connectivity index (χ4n) is 3.14. The highest BCUT2D eigenvalue weighted by Gasteiger charge is 2.49. The van der Waals surface area contributed by atoms with Gasteiger partial charge < -0.3 is 9.63 Å². The van der Waals surface area contributed by atoms with Crippen LogP contribution in [0.1, 0.15) is 37.1 Å². The number of sulfonamides is 1. The molecule has 1 aliphatic heterocycles. The molecule has 112 valence electrons. The van der Waals surface area contributed by atoms with Crippen molar-refractivity contribution in [2.45, 2.75) is 50.0 Å². The van der Waals surface area contributed by atoms with E-state index in [1.807, 2.05) is 0 Å². The molecule has 6 nitrogen and oxygen atoms in total. The smallest absolute Gasteiger partial charge is 0.248 e. The minimum absolute atomic E-state index is 0.195. The van der Waals surface area contributed by atoms with Crippen molar-refractivity contribution in [1.29, 1.82) is 0 Å². The molecule has 1 N–H and O–H groups in total. The maximum absolute atomic E-state index is 12.6. The maximum atomic E-state index is 12.6. The molecule has 1 saturated heterocycles. The summed E-state index contributed by atoms with van der Waals surface area (Å²) < 4.78 is 31.7. The first kappa shape index (κ1) is 14.0. The summed E-state index contributed by atoms with van der Waals surface area (Å²) in [5, 5.41) is 13.8. The Morgan fingerprint density at radius 1 is 1.30 bits per heavy atom. The topological polar surface area (TPSA) is 83.6 Å². The van der Waals surface area contributed by atoms with Gasteiger partial charge in [-0.15, -0.1) is 0 Å². The van der Waals surface area contributed by atoms with Crippen LogP contribution in [0.15, 0.2) is 9.42 Å². The highest BCUT2D eigenvalue weighted by atomic mass is 32.2. The zero-order chi connectivity index (χ0) is 14.5. The van der Waals surface area contributed by atoms with Crippen LogP contribution >= 0.6 is 0 Å². The third kappa shape index (κ3) is 2.17. The van der Waals surface area contributed by atoms with Crippen LogP contribution in [0.2, 0.25) is 0 Å². The molecule has 1 aromatic rings. The Kier molecular flexibility index (Phi) is 3.19. The van der Waals surface area contributed by atoms with Gasteiger partial charge in [-0.3, -0.25) is 0 Å².